The zero-order valence-corrected chi connectivity index (χ0v) is 18.5. The lowest BCUT2D eigenvalue weighted by molar-refractivity contribution is -0.113. The van der Waals surface area contributed by atoms with Crippen LogP contribution in [0.25, 0.3) is 22.2 Å². The highest BCUT2D eigenvalue weighted by Gasteiger charge is 2.46. The van der Waals surface area contributed by atoms with Gasteiger partial charge in [-0.2, -0.15) is 0 Å². The number of rotatable bonds is 5. The van der Waals surface area contributed by atoms with Crippen LogP contribution in [0, 0.1) is 6.92 Å². The first-order valence-electron chi connectivity index (χ1n) is 11.4. The fourth-order valence-corrected chi connectivity index (χ4v) is 4.68. The van der Waals surface area contributed by atoms with Crippen molar-refractivity contribution in [3.05, 3.63) is 48.0 Å². The molecule has 3 aromatic rings. The fraction of sp³-hybridized carbons (Fsp3) is 0.423. The lowest BCUT2D eigenvalue weighted by Crippen LogP contribution is -2.09. The predicted molar refractivity (Wildman–Crippen MR) is 124 cm³/mol. The van der Waals surface area contributed by atoms with Crippen LogP contribution in [-0.4, -0.2) is 38.2 Å². The van der Waals surface area contributed by atoms with Crippen LogP contribution in [0.15, 0.2) is 42.5 Å². The first-order valence-corrected chi connectivity index (χ1v) is 11.4. The molecule has 0 saturated carbocycles. The number of hydrogen-bond donors (Lipinski definition) is 2. The van der Waals surface area contributed by atoms with Crippen molar-refractivity contribution >= 4 is 16.8 Å². The summed E-state index contributed by atoms with van der Waals surface area (Å²) in [5.41, 5.74) is 4.58. The molecule has 5 nitrogen and oxygen atoms in total. The standard InChI is InChI=1S/C20H23NO2.C6H9NO/c1-3-4-5-12-21-19-11-10-17(23)13-18(19)14(2)20(21)15-6-8-16(22)9-7-15;8-6-5-3-1-2-4-7(5)6/h6-11,13,22-23H,3-5,12H2,1-2H3;5H,1-4H2. The Labute approximate surface area is 183 Å². The molecule has 0 bridgehead atoms. The van der Waals surface area contributed by atoms with E-state index in [0.29, 0.717) is 17.7 Å². The van der Waals surface area contributed by atoms with Crippen molar-refractivity contribution in [3.63, 3.8) is 0 Å². The molecule has 0 spiro atoms. The Morgan fingerprint density at radius 3 is 2.39 bits per heavy atom. The van der Waals surface area contributed by atoms with E-state index in [0.717, 1.165) is 48.0 Å². The van der Waals surface area contributed by atoms with Gasteiger partial charge in [-0.05, 0) is 86.2 Å². The van der Waals surface area contributed by atoms with Gasteiger partial charge in [0.2, 0.25) is 5.91 Å². The summed E-state index contributed by atoms with van der Waals surface area (Å²) in [6.07, 6.45) is 7.12. The highest BCUT2D eigenvalue weighted by atomic mass is 16.3. The Bertz CT molecular complexity index is 1050. The molecule has 2 aliphatic heterocycles. The molecule has 31 heavy (non-hydrogen) atoms. The van der Waals surface area contributed by atoms with Crippen LogP contribution in [0.3, 0.4) is 0 Å². The van der Waals surface area contributed by atoms with Crippen molar-refractivity contribution < 1.29 is 15.0 Å². The monoisotopic (exact) mass is 420 g/mol. The van der Waals surface area contributed by atoms with Gasteiger partial charge < -0.3 is 19.7 Å². The fourth-order valence-electron chi connectivity index (χ4n) is 4.68. The maximum Gasteiger partial charge on any atom is 0.246 e. The zero-order valence-electron chi connectivity index (χ0n) is 18.5. The van der Waals surface area contributed by atoms with E-state index in [1.54, 1.807) is 18.2 Å². The lowest BCUT2D eigenvalue weighted by atomic mass is 10.1. The molecular weight excluding hydrogens is 388 g/mol. The van der Waals surface area contributed by atoms with Crippen molar-refractivity contribution in [3.8, 4) is 22.8 Å². The third kappa shape index (κ3) is 4.41. The number of aromatic nitrogens is 1. The molecule has 164 valence electrons. The molecule has 1 amide bonds. The smallest absolute Gasteiger partial charge is 0.246 e. The van der Waals surface area contributed by atoms with Crippen LogP contribution in [0.1, 0.15) is 51.0 Å². The summed E-state index contributed by atoms with van der Waals surface area (Å²) in [5.74, 6) is 0.962. The second-order valence-corrected chi connectivity index (χ2v) is 8.62. The second-order valence-electron chi connectivity index (χ2n) is 8.62. The number of piperidine rings is 1. The number of phenols is 2. The molecule has 5 heteroatoms. The van der Waals surface area contributed by atoms with Gasteiger partial charge in [-0.15, -0.1) is 0 Å². The number of aromatic hydroxyl groups is 2. The molecule has 0 aliphatic carbocycles. The molecule has 2 fully saturated rings. The first-order chi connectivity index (χ1) is 15.0. The number of nitrogens with zero attached hydrogens (tertiary/aromatic N) is 2. The van der Waals surface area contributed by atoms with Gasteiger partial charge in [-0.1, -0.05) is 19.8 Å². The Morgan fingerprint density at radius 1 is 1.00 bits per heavy atom. The summed E-state index contributed by atoms with van der Waals surface area (Å²) in [5, 5.41) is 20.5. The first kappa shape index (κ1) is 21.3. The molecule has 5 rings (SSSR count). The highest BCUT2D eigenvalue weighted by molar-refractivity contribution is 5.97. The SMILES string of the molecule is CCCCCn1c(-c2ccc(O)cc2)c(C)c2cc(O)ccc21.O=C1C2CCCCN12. The summed E-state index contributed by atoms with van der Waals surface area (Å²) < 4.78 is 2.34. The number of fused-ring (bicyclic) bond motifs is 2. The number of phenolic OH excluding ortho intramolecular Hbond substituents is 2. The van der Waals surface area contributed by atoms with Crippen molar-refractivity contribution in [2.24, 2.45) is 0 Å². The van der Waals surface area contributed by atoms with Crippen LogP contribution < -0.4 is 0 Å². The molecule has 1 atom stereocenters. The number of unbranched alkanes of at least 4 members (excludes halogenated alkanes) is 2. The molecule has 0 radical (unpaired) electrons. The Morgan fingerprint density at radius 2 is 1.74 bits per heavy atom. The van der Waals surface area contributed by atoms with Crippen LogP contribution >= 0.6 is 0 Å². The number of aryl methyl sites for hydroxylation is 2. The average molecular weight is 421 g/mol. The van der Waals surface area contributed by atoms with Crippen LogP contribution in [0.5, 0.6) is 11.5 Å². The second kappa shape index (κ2) is 9.04. The summed E-state index contributed by atoms with van der Waals surface area (Å²) in [6, 6.07) is 13.3. The topological polar surface area (TPSA) is 65.5 Å². The molecule has 3 heterocycles. The zero-order chi connectivity index (χ0) is 22.0. The number of hydrogen-bond acceptors (Lipinski definition) is 3. The average Bonchev–Trinajstić information content (AvgIpc) is 3.36. The van der Waals surface area contributed by atoms with E-state index in [2.05, 4.69) is 18.4 Å². The van der Waals surface area contributed by atoms with Crippen LogP contribution in [-0.2, 0) is 11.3 Å². The van der Waals surface area contributed by atoms with Crippen molar-refractivity contribution in [2.75, 3.05) is 6.54 Å². The molecule has 1 unspecified atom stereocenters. The lowest BCUT2D eigenvalue weighted by Gasteiger charge is -2.12. The summed E-state index contributed by atoms with van der Waals surface area (Å²) >= 11 is 0. The summed E-state index contributed by atoms with van der Waals surface area (Å²) in [4.78, 5) is 12.6. The van der Waals surface area contributed by atoms with E-state index in [1.807, 2.05) is 29.2 Å². The minimum atomic E-state index is 0.276. The van der Waals surface area contributed by atoms with E-state index < -0.39 is 0 Å². The normalized spacial score (nSPS) is 17.3. The van der Waals surface area contributed by atoms with Gasteiger partial charge >= 0.3 is 0 Å². The largest absolute Gasteiger partial charge is 0.508 e. The molecule has 2 saturated heterocycles. The predicted octanol–water partition coefficient (Wildman–Crippen LogP) is 5.60. The van der Waals surface area contributed by atoms with Crippen LogP contribution in [0.4, 0.5) is 0 Å². The van der Waals surface area contributed by atoms with Crippen molar-refractivity contribution in [2.45, 2.75) is 65.0 Å². The number of benzene rings is 2. The van der Waals surface area contributed by atoms with E-state index in [4.69, 9.17) is 0 Å². The molecular formula is C26H32N2O3. The maximum absolute atomic E-state index is 10.6. The molecule has 1 aromatic heterocycles. The van der Waals surface area contributed by atoms with Crippen LogP contribution in [0.2, 0.25) is 0 Å². The van der Waals surface area contributed by atoms with E-state index in [9.17, 15) is 15.0 Å². The van der Waals surface area contributed by atoms with Gasteiger partial charge in [0.15, 0.2) is 0 Å². The third-order valence-corrected chi connectivity index (χ3v) is 6.43. The number of carbonyl (C=O) groups excluding carboxylic acids is 1. The number of carbonyl (C=O) groups is 1. The summed E-state index contributed by atoms with van der Waals surface area (Å²) in [7, 11) is 0. The minimum Gasteiger partial charge on any atom is -0.508 e. The van der Waals surface area contributed by atoms with Gasteiger partial charge in [0.25, 0.3) is 0 Å². The molecule has 2 N–H and O–H groups in total. The van der Waals surface area contributed by atoms with Gasteiger partial charge in [0.05, 0.1) is 5.69 Å². The van der Waals surface area contributed by atoms with Gasteiger partial charge in [-0.3, -0.25) is 4.79 Å². The third-order valence-electron chi connectivity index (χ3n) is 6.43. The molecule has 2 aliphatic rings. The molecule has 2 aromatic carbocycles. The van der Waals surface area contributed by atoms with E-state index in [1.165, 1.54) is 31.4 Å². The van der Waals surface area contributed by atoms with Gasteiger partial charge in [0.1, 0.15) is 17.5 Å². The highest BCUT2D eigenvalue weighted by Crippen LogP contribution is 2.36. The Balaban J connectivity index is 0.000000239. The Hall–Kier alpha value is -2.95. The van der Waals surface area contributed by atoms with E-state index >= 15 is 0 Å². The van der Waals surface area contributed by atoms with Gasteiger partial charge in [-0.25, -0.2) is 0 Å². The van der Waals surface area contributed by atoms with Crippen molar-refractivity contribution in [1.29, 1.82) is 0 Å². The Kier molecular flexibility index (Phi) is 6.21. The summed E-state index contributed by atoms with van der Waals surface area (Å²) in [6.45, 7) is 6.29. The van der Waals surface area contributed by atoms with Gasteiger partial charge in [0, 0.05) is 24.0 Å². The minimum absolute atomic E-state index is 0.276. The van der Waals surface area contributed by atoms with Crippen molar-refractivity contribution in [1.82, 2.24) is 9.47 Å². The number of amides is 1. The van der Waals surface area contributed by atoms with E-state index in [-0.39, 0.29) is 5.75 Å². The maximum atomic E-state index is 10.6. The quantitative estimate of drug-likeness (QED) is 0.417.